The lowest BCUT2D eigenvalue weighted by atomic mass is 10.1. The van der Waals surface area contributed by atoms with Gasteiger partial charge in [0, 0.05) is 6.54 Å². The monoisotopic (exact) mass is 326 g/mol. The maximum atomic E-state index is 12.6. The van der Waals surface area contributed by atoms with Crippen LogP contribution in [-0.2, 0) is 12.7 Å². The summed E-state index contributed by atoms with van der Waals surface area (Å²) >= 11 is 0. The molecule has 0 amide bonds. The molecule has 0 aliphatic heterocycles. The molecule has 3 rings (SSSR count). The van der Waals surface area contributed by atoms with Crippen LogP contribution in [0.25, 0.3) is 11.5 Å². The first kappa shape index (κ1) is 14.8. The van der Waals surface area contributed by atoms with Crippen LogP contribution in [0.4, 0.5) is 25.0 Å². The van der Waals surface area contributed by atoms with Crippen molar-refractivity contribution in [3.63, 3.8) is 0 Å². The minimum Gasteiger partial charge on any atom is -0.379 e. The van der Waals surface area contributed by atoms with Crippen molar-refractivity contribution >= 4 is 11.8 Å². The Balaban J connectivity index is 1.70. The Morgan fingerprint density at radius 3 is 2.70 bits per heavy atom. The van der Waals surface area contributed by atoms with Crippen molar-refractivity contribution in [2.75, 3.05) is 11.1 Å². The number of nitrogens with one attached hydrogen (secondary N) is 1. The largest absolute Gasteiger partial charge is 0.416 e. The van der Waals surface area contributed by atoms with Crippen LogP contribution in [0.5, 0.6) is 0 Å². The van der Waals surface area contributed by atoms with Crippen molar-refractivity contribution < 1.29 is 22.3 Å². The molecule has 0 atom stereocenters. The number of hydrogen-bond acceptors (Lipinski definition) is 8. The number of halogens is 3. The summed E-state index contributed by atoms with van der Waals surface area (Å²) in [6.07, 6.45) is -4.40. The number of anilines is 2. The lowest BCUT2D eigenvalue weighted by Crippen LogP contribution is -2.07. The van der Waals surface area contributed by atoms with Crippen molar-refractivity contribution in [2.45, 2.75) is 12.7 Å². The summed E-state index contributed by atoms with van der Waals surface area (Å²) in [6, 6.07) is 4.89. The molecular weight excluding hydrogens is 317 g/mol. The van der Waals surface area contributed by atoms with Crippen LogP contribution in [0.3, 0.4) is 0 Å². The Morgan fingerprint density at radius 1 is 1.17 bits per heavy atom. The van der Waals surface area contributed by atoms with Crippen LogP contribution >= 0.6 is 0 Å². The van der Waals surface area contributed by atoms with E-state index >= 15 is 0 Å². The molecule has 3 N–H and O–H groups in total. The predicted octanol–water partition coefficient (Wildman–Crippen LogP) is 2.33. The van der Waals surface area contributed by atoms with E-state index in [0.29, 0.717) is 5.56 Å². The summed E-state index contributed by atoms with van der Waals surface area (Å²) in [6.45, 7) is 0.0676. The second kappa shape index (κ2) is 5.59. The minimum absolute atomic E-state index is 0.000174. The molecule has 1 aromatic carbocycles. The summed E-state index contributed by atoms with van der Waals surface area (Å²) in [5.74, 6) is 0.0468. The minimum atomic E-state index is -4.40. The van der Waals surface area contributed by atoms with E-state index < -0.39 is 11.7 Å². The van der Waals surface area contributed by atoms with E-state index in [-0.39, 0.29) is 29.9 Å². The number of hydrogen-bond donors (Lipinski definition) is 2. The third-order valence-corrected chi connectivity index (χ3v) is 2.85. The first-order valence-corrected chi connectivity index (χ1v) is 6.25. The maximum absolute atomic E-state index is 12.6. The number of benzene rings is 1. The molecule has 0 bridgehead atoms. The summed E-state index contributed by atoms with van der Waals surface area (Å²) in [4.78, 5) is 3.95. The fraction of sp³-hybridized carbons (Fsp3) is 0.167. The van der Waals surface area contributed by atoms with Crippen molar-refractivity contribution in [3.05, 3.63) is 35.4 Å². The SMILES string of the molecule is Nc1nonc1-c1noc(NCc2cccc(C(F)(F)F)c2)n1. The van der Waals surface area contributed by atoms with Gasteiger partial charge in [-0.25, -0.2) is 4.63 Å². The summed E-state index contributed by atoms with van der Waals surface area (Å²) < 4.78 is 47.2. The van der Waals surface area contributed by atoms with Gasteiger partial charge in [0.05, 0.1) is 5.56 Å². The fourth-order valence-corrected chi connectivity index (χ4v) is 1.78. The second-order valence-corrected chi connectivity index (χ2v) is 4.47. The molecule has 0 radical (unpaired) electrons. The van der Waals surface area contributed by atoms with Crippen LogP contribution in [0.2, 0.25) is 0 Å². The third kappa shape index (κ3) is 3.22. The molecular formula is C12H9F3N6O2. The normalized spacial score (nSPS) is 11.6. The van der Waals surface area contributed by atoms with Crippen molar-refractivity contribution in [1.29, 1.82) is 0 Å². The molecule has 0 aliphatic rings. The molecule has 23 heavy (non-hydrogen) atoms. The Bertz CT molecular complexity index is 813. The number of nitrogens with two attached hydrogens (primary N) is 1. The summed E-state index contributed by atoms with van der Waals surface area (Å²) in [5.41, 5.74) is 5.27. The Morgan fingerprint density at radius 2 is 2.00 bits per heavy atom. The topological polar surface area (TPSA) is 116 Å². The lowest BCUT2D eigenvalue weighted by Gasteiger charge is -2.08. The number of alkyl halides is 3. The van der Waals surface area contributed by atoms with Crippen molar-refractivity contribution in [2.24, 2.45) is 0 Å². The van der Waals surface area contributed by atoms with Gasteiger partial charge in [0.25, 0.3) is 0 Å². The van der Waals surface area contributed by atoms with E-state index in [0.717, 1.165) is 12.1 Å². The van der Waals surface area contributed by atoms with Gasteiger partial charge in [-0.3, -0.25) is 0 Å². The van der Waals surface area contributed by atoms with Gasteiger partial charge in [-0.1, -0.05) is 17.3 Å². The summed E-state index contributed by atoms with van der Waals surface area (Å²) in [5, 5.41) is 13.2. The van der Waals surface area contributed by atoms with E-state index in [4.69, 9.17) is 10.3 Å². The van der Waals surface area contributed by atoms with Gasteiger partial charge in [-0.05, 0) is 28.0 Å². The Hall–Kier alpha value is -3.11. The van der Waals surface area contributed by atoms with Crippen molar-refractivity contribution in [3.8, 4) is 11.5 Å². The zero-order chi connectivity index (χ0) is 16.4. The van der Waals surface area contributed by atoms with E-state index in [1.54, 1.807) is 6.07 Å². The van der Waals surface area contributed by atoms with Gasteiger partial charge in [-0.15, -0.1) is 0 Å². The zero-order valence-corrected chi connectivity index (χ0v) is 11.3. The van der Waals surface area contributed by atoms with Crippen LogP contribution in [0.1, 0.15) is 11.1 Å². The molecule has 0 aliphatic carbocycles. The van der Waals surface area contributed by atoms with E-state index in [2.05, 4.69) is 30.4 Å². The van der Waals surface area contributed by atoms with E-state index in [9.17, 15) is 13.2 Å². The first-order chi connectivity index (χ1) is 10.9. The molecule has 8 nitrogen and oxygen atoms in total. The van der Waals surface area contributed by atoms with E-state index in [1.807, 2.05) is 0 Å². The van der Waals surface area contributed by atoms with Crippen LogP contribution in [0.15, 0.2) is 33.4 Å². The molecule has 2 aromatic heterocycles. The first-order valence-electron chi connectivity index (χ1n) is 6.25. The Labute approximate surface area is 126 Å². The highest BCUT2D eigenvalue weighted by atomic mass is 19.4. The maximum Gasteiger partial charge on any atom is 0.416 e. The molecule has 2 heterocycles. The standard InChI is InChI=1S/C12H9F3N6O2/c13-12(14,15)7-3-1-2-6(4-7)5-17-11-18-10(21-22-11)8-9(16)20-23-19-8/h1-4H,5H2,(H2,16,20)(H,17,18,21). The van der Waals surface area contributed by atoms with Crippen LogP contribution in [0, 0.1) is 0 Å². The third-order valence-electron chi connectivity index (χ3n) is 2.85. The van der Waals surface area contributed by atoms with Crippen LogP contribution < -0.4 is 11.1 Å². The lowest BCUT2D eigenvalue weighted by molar-refractivity contribution is -0.137. The second-order valence-electron chi connectivity index (χ2n) is 4.47. The fourth-order valence-electron chi connectivity index (χ4n) is 1.78. The van der Waals surface area contributed by atoms with E-state index in [1.165, 1.54) is 6.07 Å². The molecule has 11 heteroatoms. The number of aromatic nitrogens is 4. The zero-order valence-electron chi connectivity index (χ0n) is 11.3. The predicted molar refractivity (Wildman–Crippen MR) is 70.8 cm³/mol. The average Bonchev–Trinajstić information content (AvgIpc) is 3.13. The highest BCUT2D eigenvalue weighted by Gasteiger charge is 2.30. The van der Waals surface area contributed by atoms with Gasteiger partial charge in [0.15, 0.2) is 11.5 Å². The summed E-state index contributed by atoms with van der Waals surface area (Å²) in [7, 11) is 0. The highest BCUT2D eigenvalue weighted by molar-refractivity contribution is 5.62. The molecule has 0 saturated carbocycles. The molecule has 0 fully saturated rings. The number of nitrogens with zero attached hydrogens (tertiary/aromatic N) is 4. The quantitative estimate of drug-likeness (QED) is 0.750. The molecule has 0 unspecified atom stereocenters. The molecule has 0 spiro atoms. The van der Waals surface area contributed by atoms with Gasteiger partial charge < -0.3 is 15.6 Å². The van der Waals surface area contributed by atoms with Crippen LogP contribution in [-0.4, -0.2) is 20.5 Å². The molecule has 120 valence electrons. The highest BCUT2D eigenvalue weighted by Crippen LogP contribution is 2.29. The van der Waals surface area contributed by atoms with Crippen molar-refractivity contribution in [1.82, 2.24) is 20.5 Å². The average molecular weight is 326 g/mol. The smallest absolute Gasteiger partial charge is 0.379 e. The molecule has 0 saturated heterocycles. The Kier molecular flexibility index (Phi) is 3.60. The number of nitrogen functional groups attached to an aromatic ring is 1. The number of rotatable bonds is 4. The van der Waals surface area contributed by atoms with Gasteiger partial charge in [0.2, 0.25) is 5.82 Å². The van der Waals surface area contributed by atoms with Gasteiger partial charge in [0.1, 0.15) is 0 Å². The van der Waals surface area contributed by atoms with Gasteiger partial charge in [-0.2, -0.15) is 18.2 Å². The molecule has 3 aromatic rings. The van der Waals surface area contributed by atoms with Gasteiger partial charge >= 0.3 is 12.2 Å².